The van der Waals surface area contributed by atoms with E-state index in [9.17, 15) is 4.79 Å². The molecule has 0 spiro atoms. The van der Waals surface area contributed by atoms with Crippen LogP contribution in [-0.4, -0.2) is 44.5 Å². The van der Waals surface area contributed by atoms with Crippen molar-refractivity contribution in [2.45, 2.75) is 20.3 Å². The van der Waals surface area contributed by atoms with Crippen molar-refractivity contribution in [3.8, 4) is 0 Å². The summed E-state index contributed by atoms with van der Waals surface area (Å²) in [4.78, 5) is 12.7. The third kappa shape index (κ3) is 2.64. The van der Waals surface area contributed by atoms with E-state index in [4.69, 9.17) is 5.11 Å². The van der Waals surface area contributed by atoms with E-state index in [0.29, 0.717) is 18.0 Å². The Labute approximate surface area is 110 Å². The lowest BCUT2D eigenvalue weighted by molar-refractivity contribution is -0.140. The highest BCUT2D eigenvalue weighted by Crippen LogP contribution is 2.12. The zero-order chi connectivity index (χ0) is 14.0. The van der Waals surface area contributed by atoms with Crippen molar-refractivity contribution in [3.63, 3.8) is 0 Å². The molecule has 2 aromatic heterocycles. The monoisotopic (exact) mass is 263 g/mol. The van der Waals surface area contributed by atoms with Gasteiger partial charge in [-0.2, -0.15) is 4.52 Å². The molecule has 0 bridgehead atoms. The van der Waals surface area contributed by atoms with Gasteiger partial charge in [0.05, 0.1) is 5.92 Å². The topological polar surface area (TPSA) is 83.6 Å². The number of fused-ring (bicyclic) bond motifs is 1. The molecule has 0 aliphatic carbocycles. The summed E-state index contributed by atoms with van der Waals surface area (Å²) in [7, 11) is 1.82. The largest absolute Gasteiger partial charge is 0.481 e. The number of hydrogen-bond donors (Lipinski definition) is 1. The number of hydrogen-bond acceptors (Lipinski definition) is 5. The third-order valence-corrected chi connectivity index (χ3v) is 2.99. The summed E-state index contributed by atoms with van der Waals surface area (Å²) < 4.78 is 1.69. The quantitative estimate of drug-likeness (QED) is 0.860. The third-order valence-electron chi connectivity index (χ3n) is 2.99. The van der Waals surface area contributed by atoms with E-state index in [1.807, 2.05) is 31.0 Å². The van der Waals surface area contributed by atoms with E-state index in [2.05, 4.69) is 15.3 Å². The predicted molar refractivity (Wildman–Crippen MR) is 70.2 cm³/mol. The van der Waals surface area contributed by atoms with E-state index >= 15 is 0 Å². The van der Waals surface area contributed by atoms with Gasteiger partial charge >= 0.3 is 5.97 Å². The Balaban J connectivity index is 2.27. The molecule has 7 heteroatoms. The van der Waals surface area contributed by atoms with Gasteiger partial charge in [-0.15, -0.1) is 15.3 Å². The summed E-state index contributed by atoms with van der Waals surface area (Å²) in [6, 6.07) is 3.65. The number of aryl methyl sites for hydroxylation is 1. The second kappa shape index (κ2) is 5.21. The van der Waals surface area contributed by atoms with Crippen molar-refractivity contribution in [3.05, 3.63) is 18.0 Å². The van der Waals surface area contributed by atoms with Crippen LogP contribution in [0.15, 0.2) is 12.1 Å². The van der Waals surface area contributed by atoms with Crippen LogP contribution in [0.4, 0.5) is 5.82 Å². The van der Waals surface area contributed by atoms with Crippen LogP contribution in [0, 0.1) is 5.92 Å². The molecule has 2 rings (SSSR count). The van der Waals surface area contributed by atoms with Crippen molar-refractivity contribution < 1.29 is 9.90 Å². The van der Waals surface area contributed by atoms with Crippen molar-refractivity contribution in [2.24, 2.45) is 5.92 Å². The molecule has 19 heavy (non-hydrogen) atoms. The lowest BCUT2D eigenvalue weighted by atomic mass is 10.2. The second-order valence-electron chi connectivity index (χ2n) is 4.55. The molecule has 1 unspecified atom stereocenters. The van der Waals surface area contributed by atoms with Gasteiger partial charge in [0.2, 0.25) is 0 Å². The van der Waals surface area contributed by atoms with Crippen LogP contribution in [0.3, 0.4) is 0 Å². The first-order valence-electron chi connectivity index (χ1n) is 6.18. The lowest BCUT2D eigenvalue weighted by Gasteiger charge is -2.20. The highest BCUT2D eigenvalue weighted by Gasteiger charge is 2.15. The van der Waals surface area contributed by atoms with Gasteiger partial charge in [-0.25, -0.2) is 0 Å². The number of carbonyl (C=O) groups is 1. The zero-order valence-corrected chi connectivity index (χ0v) is 11.2. The van der Waals surface area contributed by atoms with Gasteiger partial charge in [0.15, 0.2) is 11.5 Å². The summed E-state index contributed by atoms with van der Waals surface area (Å²) in [6.45, 7) is 4.06. The molecule has 0 aromatic carbocycles. The van der Waals surface area contributed by atoms with E-state index in [-0.39, 0.29) is 0 Å². The number of carboxylic acid groups (broad SMARTS) is 1. The summed E-state index contributed by atoms with van der Waals surface area (Å²) >= 11 is 0. The molecule has 1 N–H and O–H groups in total. The molecule has 0 saturated heterocycles. The Morgan fingerprint density at radius 3 is 2.84 bits per heavy atom. The molecular formula is C12H17N5O2. The van der Waals surface area contributed by atoms with Crippen LogP contribution in [0.5, 0.6) is 0 Å². The maximum atomic E-state index is 10.9. The Kier molecular flexibility index (Phi) is 3.64. The maximum Gasteiger partial charge on any atom is 0.308 e. The molecule has 0 aliphatic rings. The fraction of sp³-hybridized carbons (Fsp3) is 0.500. The number of nitrogens with zero attached hydrogens (tertiary/aromatic N) is 5. The standard InChI is InChI=1S/C12H17N5O2/c1-4-9-13-14-10-5-6-11(15-17(9)10)16(3)7-8(2)12(18)19/h5-6,8H,4,7H2,1-3H3,(H,18,19). The molecule has 0 saturated carbocycles. The maximum absolute atomic E-state index is 10.9. The van der Waals surface area contributed by atoms with Crippen LogP contribution >= 0.6 is 0 Å². The van der Waals surface area contributed by atoms with Crippen molar-refractivity contribution in [1.29, 1.82) is 0 Å². The molecule has 102 valence electrons. The van der Waals surface area contributed by atoms with Gasteiger partial charge in [0.25, 0.3) is 0 Å². The van der Waals surface area contributed by atoms with Crippen LogP contribution in [-0.2, 0) is 11.2 Å². The first-order chi connectivity index (χ1) is 9.02. The molecule has 2 aromatic rings. The first kappa shape index (κ1) is 13.3. The Morgan fingerprint density at radius 1 is 1.47 bits per heavy atom. The van der Waals surface area contributed by atoms with Gasteiger partial charge in [-0.3, -0.25) is 4.79 Å². The average molecular weight is 263 g/mol. The number of anilines is 1. The van der Waals surface area contributed by atoms with Gasteiger partial charge in [0, 0.05) is 20.0 Å². The van der Waals surface area contributed by atoms with Gasteiger partial charge in [-0.1, -0.05) is 13.8 Å². The van der Waals surface area contributed by atoms with E-state index in [1.165, 1.54) is 0 Å². The highest BCUT2D eigenvalue weighted by molar-refractivity contribution is 5.70. The molecule has 0 fully saturated rings. The van der Waals surface area contributed by atoms with Gasteiger partial charge < -0.3 is 10.0 Å². The second-order valence-corrected chi connectivity index (χ2v) is 4.55. The number of aliphatic carboxylic acids is 1. The Hall–Kier alpha value is -2.18. The van der Waals surface area contributed by atoms with Crippen LogP contribution in [0.2, 0.25) is 0 Å². The lowest BCUT2D eigenvalue weighted by Crippen LogP contribution is -2.29. The van der Waals surface area contributed by atoms with Crippen molar-refractivity contribution in [2.75, 3.05) is 18.5 Å². The SMILES string of the molecule is CCc1nnc2ccc(N(C)CC(C)C(=O)O)nn12. The van der Waals surface area contributed by atoms with Crippen LogP contribution < -0.4 is 4.90 Å². The minimum atomic E-state index is -0.813. The van der Waals surface area contributed by atoms with E-state index < -0.39 is 11.9 Å². The molecule has 7 nitrogen and oxygen atoms in total. The van der Waals surface area contributed by atoms with Gasteiger partial charge in [0.1, 0.15) is 5.82 Å². The number of carboxylic acids is 1. The van der Waals surface area contributed by atoms with E-state index in [1.54, 1.807) is 11.4 Å². The van der Waals surface area contributed by atoms with Crippen molar-refractivity contribution in [1.82, 2.24) is 19.8 Å². The normalized spacial score (nSPS) is 12.6. The highest BCUT2D eigenvalue weighted by atomic mass is 16.4. The van der Waals surface area contributed by atoms with Crippen LogP contribution in [0.1, 0.15) is 19.7 Å². The van der Waals surface area contributed by atoms with Crippen molar-refractivity contribution >= 4 is 17.4 Å². The Bertz CT molecular complexity index is 595. The average Bonchev–Trinajstić information content (AvgIpc) is 2.80. The van der Waals surface area contributed by atoms with Gasteiger partial charge in [-0.05, 0) is 12.1 Å². The summed E-state index contributed by atoms with van der Waals surface area (Å²) in [6.07, 6.45) is 0.743. The molecule has 0 radical (unpaired) electrons. The minimum absolute atomic E-state index is 0.400. The molecule has 0 aliphatic heterocycles. The first-order valence-corrected chi connectivity index (χ1v) is 6.18. The fourth-order valence-corrected chi connectivity index (χ4v) is 1.83. The van der Waals surface area contributed by atoms with E-state index in [0.717, 1.165) is 12.2 Å². The summed E-state index contributed by atoms with van der Waals surface area (Å²) in [5.41, 5.74) is 0.695. The predicted octanol–water partition coefficient (Wildman–Crippen LogP) is 0.844. The molecular weight excluding hydrogens is 246 g/mol. The molecule has 2 heterocycles. The Morgan fingerprint density at radius 2 is 2.21 bits per heavy atom. The van der Waals surface area contributed by atoms with Crippen LogP contribution in [0.25, 0.3) is 5.65 Å². The number of rotatable bonds is 5. The minimum Gasteiger partial charge on any atom is -0.481 e. The summed E-state index contributed by atoms with van der Waals surface area (Å²) in [5, 5.41) is 21.4. The molecule has 1 atom stereocenters. The molecule has 0 amide bonds. The zero-order valence-electron chi connectivity index (χ0n) is 11.2. The summed E-state index contributed by atoms with van der Waals surface area (Å²) in [5.74, 6) is 0.229. The fourth-order valence-electron chi connectivity index (χ4n) is 1.83. The smallest absolute Gasteiger partial charge is 0.308 e. The number of aromatic nitrogens is 4.